The third kappa shape index (κ3) is 2.57. The molecule has 0 radical (unpaired) electrons. The maximum Gasteiger partial charge on any atom is 0.182 e. The van der Waals surface area contributed by atoms with Crippen molar-refractivity contribution in [2.45, 2.75) is 33.1 Å². The van der Waals surface area contributed by atoms with Crippen molar-refractivity contribution in [2.75, 3.05) is 0 Å². The zero-order valence-corrected chi connectivity index (χ0v) is 14.3. The van der Waals surface area contributed by atoms with Gasteiger partial charge in [0, 0.05) is 21.4 Å². The number of rotatable bonds is 3. The molecule has 20 heavy (non-hydrogen) atoms. The van der Waals surface area contributed by atoms with Crippen molar-refractivity contribution >= 4 is 33.3 Å². The Hall–Kier alpha value is -1.06. The minimum absolute atomic E-state index is 0.0326. The van der Waals surface area contributed by atoms with Crippen molar-refractivity contribution in [3.8, 4) is 5.69 Å². The number of aromatic nitrogens is 1. The van der Waals surface area contributed by atoms with E-state index < -0.39 is 5.38 Å². The van der Waals surface area contributed by atoms with Crippen molar-refractivity contribution in [2.24, 2.45) is 0 Å². The molecule has 0 saturated heterocycles. The molecule has 106 valence electrons. The summed E-state index contributed by atoms with van der Waals surface area (Å²) in [6.45, 7) is 7.71. The van der Waals surface area contributed by atoms with Crippen LogP contribution >= 0.6 is 27.5 Å². The van der Waals surface area contributed by atoms with E-state index in [1.807, 2.05) is 32.0 Å². The topological polar surface area (TPSA) is 22.0 Å². The van der Waals surface area contributed by atoms with Gasteiger partial charge in [0.25, 0.3) is 0 Å². The first kappa shape index (κ1) is 15.3. The largest absolute Gasteiger partial charge is 0.317 e. The van der Waals surface area contributed by atoms with Crippen LogP contribution in [0.4, 0.5) is 0 Å². The van der Waals surface area contributed by atoms with E-state index in [0.29, 0.717) is 5.56 Å². The summed E-state index contributed by atoms with van der Waals surface area (Å²) in [6.07, 6.45) is 0. The fourth-order valence-corrected chi connectivity index (χ4v) is 2.96. The number of carbonyl (C=O) groups excluding carboxylic acids is 1. The van der Waals surface area contributed by atoms with Gasteiger partial charge in [0.2, 0.25) is 0 Å². The van der Waals surface area contributed by atoms with Crippen molar-refractivity contribution in [1.82, 2.24) is 4.57 Å². The normalized spacial score (nSPS) is 12.5. The van der Waals surface area contributed by atoms with E-state index in [1.165, 1.54) is 0 Å². The number of hydrogen-bond acceptors (Lipinski definition) is 1. The van der Waals surface area contributed by atoms with Gasteiger partial charge in [-0.1, -0.05) is 12.1 Å². The highest BCUT2D eigenvalue weighted by Gasteiger charge is 2.20. The third-order valence-electron chi connectivity index (χ3n) is 3.47. The van der Waals surface area contributed by atoms with Crippen LogP contribution in [0, 0.1) is 20.8 Å². The van der Waals surface area contributed by atoms with E-state index >= 15 is 0 Å². The average Bonchev–Trinajstić information content (AvgIpc) is 2.68. The van der Waals surface area contributed by atoms with Gasteiger partial charge in [-0.2, -0.15) is 0 Å². The van der Waals surface area contributed by atoms with E-state index in [2.05, 4.69) is 33.5 Å². The molecule has 0 N–H and O–H groups in total. The van der Waals surface area contributed by atoms with E-state index in [0.717, 1.165) is 27.1 Å². The van der Waals surface area contributed by atoms with Gasteiger partial charge in [-0.3, -0.25) is 4.79 Å². The molecule has 0 amide bonds. The zero-order valence-electron chi connectivity index (χ0n) is 12.0. The van der Waals surface area contributed by atoms with Crippen LogP contribution in [0.25, 0.3) is 5.69 Å². The molecule has 0 saturated carbocycles. The average molecular weight is 355 g/mol. The second-order valence-electron chi connectivity index (χ2n) is 5.01. The van der Waals surface area contributed by atoms with Gasteiger partial charge in [0.05, 0.1) is 11.1 Å². The van der Waals surface area contributed by atoms with E-state index in [-0.39, 0.29) is 5.78 Å². The fraction of sp³-hybridized carbons (Fsp3) is 0.312. The molecule has 0 aliphatic rings. The van der Waals surface area contributed by atoms with Gasteiger partial charge in [-0.05, 0) is 61.3 Å². The van der Waals surface area contributed by atoms with Crippen LogP contribution < -0.4 is 0 Å². The first-order valence-corrected chi connectivity index (χ1v) is 7.70. The monoisotopic (exact) mass is 353 g/mol. The standard InChI is InChI=1S/C16H17BrClNO/c1-9-6-5-7-14(15(9)17)19-10(2)8-13(12(19)4)16(20)11(3)18/h5-8,11H,1-4H3. The van der Waals surface area contributed by atoms with Crippen LogP contribution in [0.3, 0.4) is 0 Å². The Morgan fingerprint density at radius 2 is 1.95 bits per heavy atom. The summed E-state index contributed by atoms with van der Waals surface area (Å²) >= 11 is 9.56. The lowest BCUT2D eigenvalue weighted by Crippen LogP contribution is -2.11. The predicted octanol–water partition coefficient (Wildman–Crippen LogP) is 4.98. The Balaban J connectivity index is 2.65. The number of alkyl halides is 1. The molecule has 2 nitrogen and oxygen atoms in total. The molecular weight excluding hydrogens is 338 g/mol. The van der Waals surface area contributed by atoms with E-state index in [9.17, 15) is 4.79 Å². The highest BCUT2D eigenvalue weighted by Crippen LogP contribution is 2.29. The van der Waals surface area contributed by atoms with Crippen molar-refractivity contribution in [3.63, 3.8) is 0 Å². The first-order valence-electron chi connectivity index (χ1n) is 6.47. The molecular formula is C16H17BrClNO. The molecule has 0 bridgehead atoms. The molecule has 2 aromatic rings. The maximum atomic E-state index is 12.2. The van der Waals surface area contributed by atoms with Crippen LogP contribution in [0.15, 0.2) is 28.7 Å². The number of benzene rings is 1. The summed E-state index contributed by atoms with van der Waals surface area (Å²) in [5, 5.41) is -0.509. The summed E-state index contributed by atoms with van der Waals surface area (Å²) in [5.74, 6) is -0.0326. The fourth-order valence-electron chi connectivity index (χ4n) is 2.40. The molecule has 0 aliphatic carbocycles. The molecule has 1 aromatic carbocycles. The van der Waals surface area contributed by atoms with Crippen LogP contribution in [0.2, 0.25) is 0 Å². The van der Waals surface area contributed by atoms with Gasteiger partial charge in [0.1, 0.15) is 0 Å². The maximum absolute atomic E-state index is 12.2. The molecule has 1 atom stereocenters. The second kappa shape index (κ2) is 5.74. The molecule has 1 aromatic heterocycles. The summed E-state index contributed by atoms with van der Waals surface area (Å²) in [6, 6.07) is 8.01. The number of ketones is 1. The SMILES string of the molecule is Cc1cccc(-n2c(C)cc(C(=O)C(C)Cl)c2C)c1Br. The quantitative estimate of drug-likeness (QED) is 0.563. The number of halogens is 2. The summed E-state index contributed by atoms with van der Waals surface area (Å²) in [4.78, 5) is 12.2. The van der Waals surface area contributed by atoms with Crippen LogP contribution in [-0.2, 0) is 0 Å². The molecule has 4 heteroatoms. The third-order valence-corrected chi connectivity index (χ3v) is 4.70. The van der Waals surface area contributed by atoms with Gasteiger partial charge in [0.15, 0.2) is 5.78 Å². The Labute approximate surface area is 132 Å². The van der Waals surface area contributed by atoms with Crippen LogP contribution in [0.1, 0.15) is 34.2 Å². The van der Waals surface area contributed by atoms with E-state index in [1.54, 1.807) is 6.92 Å². The number of Topliss-reactive ketones (excluding diaryl/α,β-unsaturated/α-hetero) is 1. The minimum atomic E-state index is -0.509. The minimum Gasteiger partial charge on any atom is -0.317 e. The zero-order chi connectivity index (χ0) is 15.0. The number of carbonyl (C=O) groups is 1. The Morgan fingerprint density at radius 3 is 2.55 bits per heavy atom. The predicted molar refractivity (Wildman–Crippen MR) is 87.3 cm³/mol. The first-order chi connectivity index (χ1) is 9.34. The van der Waals surface area contributed by atoms with Crippen molar-refractivity contribution in [3.05, 3.63) is 51.3 Å². The lowest BCUT2D eigenvalue weighted by atomic mass is 10.1. The summed E-state index contributed by atoms with van der Waals surface area (Å²) in [7, 11) is 0. The Kier molecular flexibility index (Phi) is 4.40. The van der Waals surface area contributed by atoms with Gasteiger partial charge in [-0.15, -0.1) is 11.6 Å². The number of hydrogen-bond donors (Lipinski definition) is 0. The summed E-state index contributed by atoms with van der Waals surface area (Å²) < 4.78 is 3.13. The summed E-state index contributed by atoms with van der Waals surface area (Å²) in [5.41, 5.74) is 4.84. The van der Waals surface area contributed by atoms with E-state index in [4.69, 9.17) is 11.6 Å². The van der Waals surface area contributed by atoms with Crippen molar-refractivity contribution in [1.29, 1.82) is 0 Å². The Morgan fingerprint density at radius 1 is 1.30 bits per heavy atom. The van der Waals surface area contributed by atoms with Gasteiger partial charge in [-0.25, -0.2) is 0 Å². The van der Waals surface area contributed by atoms with Crippen LogP contribution in [0.5, 0.6) is 0 Å². The Bertz CT molecular complexity index is 673. The van der Waals surface area contributed by atoms with Gasteiger partial charge >= 0.3 is 0 Å². The highest BCUT2D eigenvalue weighted by atomic mass is 79.9. The lowest BCUT2D eigenvalue weighted by Gasteiger charge is -2.13. The van der Waals surface area contributed by atoms with Crippen LogP contribution in [-0.4, -0.2) is 15.7 Å². The van der Waals surface area contributed by atoms with Gasteiger partial charge < -0.3 is 4.57 Å². The molecule has 0 fully saturated rings. The molecule has 0 aliphatic heterocycles. The molecule has 1 unspecified atom stereocenters. The molecule has 0 spiro atoms. The number of aryl methyl sites for hydroxylation is 2. The molecule has 2 rings (SSSR count). The highest BCUT2D eigenvalue weighted by molar-refractivity contribution is 9.10. The smallest absolute Gasteiger partial charge is 0.182 e. The second-order valence-corrected chi connectivity index (χ2v) is 6.46. The van der Waals surface area contributed by atoms with Crippen molar-refractivity contribution < 1.29 is 4.79 Å². The lowest BCUT2D eigenvalue weighted by molar-refractivity contribution is 0.0991. The molecule has 1 heterocycles. The number of nitrogens with zero attached hydrogens (tertiary/aromatic N) is 1.